The summed E-state index contributed by atoms with van der Waals surface area (Å²) in [5.74, 6) is -0.136. The van der Waals surface area contributed by atoms with Crippen LogP contribution in [0, 0.1) is 5.92 Å². The molecular weight excluding hydrogens is 252 g/mol. The zero-order valence-corrected chi connectivity index (χ0v) is 11.7. The van der Waals surface area contributed by atoms with E-state index in [0.29, 0.717) is 5.92 Å². The molecule has 1 saturated heterocycles. The van der Waals surface area contributed by atoms with Gasteiger partial charge in [-0.15, -0.1) is 11.8 Å². The van der Waals surface area contributed by atoms with E-state index < -0.39 is 5.97 Å². The fourth-order valence-electron chi connectivity index (χ4n) is 2.05. The maximum absolute atomic E-state index is 11.5. The molecule has 0 unspecified atom stereocenters. The number of thioether (sulfide) groups is 1. The average molecular weight is 274 g/mol. The molecule has 0 saturated carbocycles. The van der Waals surface area contributed by atoms with Gasteiger partial charge in [-0.3, -0.25) is 9.59 Å². The van der Waals surface area contributed by atoms with Gasteiger partial charge in [0.15, 0.2) is 0 Å². The molecule has 0 bridgehead atoms. The van der Waals surface area contributed by atoms with Gasteiger partial charge in [-0.05, 0) is 38.4 Å². The maximum Gasteiger partial charge on any atom is 0.313 e. The third-order valence-electron chi connectivity index (χ3n) is 3.20. The minimum absolute atomic E-state index is 0.0116. The smallest absolute Gasteiger partial charge is 0.313 e. The maximum atomic E-state index is 11.5. The Morgan fingerprint density at radius 3 is 2.56 bits per heavy atom. The number of carboxylic acid groups (broad SMARTS) is 1. The molecule has 0 aliphatic carbocycles. The van der Waals surface area contributed by atoms with Gasteiger partial charge in [0.25, 0.3) is 0 Å². The van der Waals surface area contributed by atoms with Crippen molar-refractivity contribution in [1.82, 2.24) is 10.2 Å². The molecule has 104 valence electrons. The number of carbonyl (C=O) groups excluding carboxylic acids is 1. The Kier molecular flexibility index (Phi) is 7.12. The van der Waals surface area contributed by atoms with Crippen molar-refractivity contribution >= 4 is 23.6 Å². The van der Waals surface area contributed by atoms with Crippen LogP contribution in [0.5, 0.6) is 0 Å². The second kappa shape index (κ2) is 8.37. The summed E-state index contributed by atoms with van der Waals surface area (Å²) in [6.45, 7) is 6.23. The average Bonchev–Trinajstić information content (AvgIpc) is 2.36. The van der Waals surface area contributed by atoms with Crippen LogP contribution in [0.3, 0.4) is 0 Å². The third kappa shape index (κ3) is 6.26. The lowest BCUT2D eigenvalue weighted by molar-refractivity contribution is -0.133. The van der Waals surface area contributed by atoms with Crippen LogP contribution in [0.4, 0.5) is 0 Å². The summed E-state index contributed by atoms with van der Waals surface area (Å²) in [7, 11) is 0. The van der Waals surface area contributed by atoms with Crippen LogP contribution >= 0.6 is 11.8 Å². The summed E-state index contributed by atoms with van der Waals surface area (Å²) >= 11 is 1.14. The highest BCUT2D eigenvalue weighted by molar-refractivity contribution is 8.00. The lowest BCUT2D eigenvalue weighted by Crippen LogP contribution is -2.38. The number of hydrogen-bond acceptors (Lipinski definition) is 4. The van der Waals surface area contributed by atoms with Crippen molar-refractivity contribution in [2.45, 2.75) is 19.8 Å². The molecule has 0 radical (unpaired) electrons. The fraction of sp³-hybridized carbons (Fsp3) is 0.833. The topological polar surface area (TPSA) is 69.6 Å². The Bertz CT molecular complexity index is 278. The van der Waals surface area contributed by atoms with E-state index in [1.165, 1.54) is 0 Å². The van der Waals surface area contributed by atoms with Gasteiger partial charge in [-0.1, -0.05) is 6.92 Å². The number of carbonyl (C=O) groups is 2. The van der Waals surface area contributed by atoms with Crippen LogP contribution in [0.2, 0.25) is 0 Å². The Balaban J connectivity index is 2.06. The first-order valence-corrected chi connectivity index (χ1v) is 7.56. The van der Waals surface area contributed by atoms with Gasteiger partial charge in [-0.25, -0.2) is 0 Å². The lowest BCUT2D eigenvalue weighted by Gasteiger charge is -2.31. The van der Waals surface area contributed by atoms with Crippen molar-refractivity contribution in [3.63, 3.8) is 0 Å². The Labute approximate surface area is 112 Å². The highest BCUT2D eigenvalue weighted by Crippen LogP contribution is 2.15. The van der Waals surface area contributed by atoms with Crippen LogP contribution in [0.1, 0.15) is 19.8 Å². The van der Waals surface area contributed by atoms with E-state index in [2.05, 4.69) is 17.1 Å². The van der Waals surface area contributed by atoms with Crippen molar-refractivity contribution in [2.75, 3.05) is 37.7 Å². The van der Waals surface area contributed by atoms with Crippen LogP contribution in [-0.2, 0) is 9.59 Å². The molecule has 1 amide bonds. The lowest BCUT2D eigenvalue weighted by atomic mass is 9.97. The van der Waals surface area contributed by atoms with E-state index in [1.807, 2.05) is 0 Å². The minimum atomic E-state index is -0.875. The van der Waals surface area contributed by atoms with Crippen LogP contribution < -0.4 is 5.32 Å². The van der Waals surface area contributed by atoms with Gasteiger partial charge in [0.2, 0.25) is 5.91 Å². The first-order valence-electron chi connectivity index (χ1n) is 6.40. The molecule has 1 fully saturated rings. The van der Waals surface area contributed by atoms with Gasteiger partial charge >= 0.3 is 5.97 Å². The molecule has 6 heteroatoms. The molecule has 18 heavy (non-hydrogen) atoms. The van der Waals surface area contributed by atoms with Gasteiger partial charge < -0.3 is 15.3 Å². The van der Waals surface area contributed by atoms with Gasteiger partial charge in [0, 0.05) is 6.54 Å². The molecule has 0 aromatic carbocycles. The summed E-state index contributed by atoms with van der Waals surface area (Å²) in [6, 6.07) is 0. The largest absolute Gasteiger partial charge is 0.481 e. The van der Waals surface area contributed by atoms with Crippen LogP contribution in [0.25, 0.3) is 0 Å². The van der Waals surface area contributed by atoms with Gasteiger partial charge in [0.1, 0.15) is 0 Å². The van der Waals surface area contributed by atoms with E-state index >= 15 is 0 Å². The first kappa shape index (κ1) is 15.3. The Morgan fingerprint density at radius 2 is 2.00 bits per heavy atom. The third-order valence-corrected chi connectivity index (χ3v) is 4.12. The zero-order valence-electron chi connectivity index (χ0n) is 10.9. The summed E-state index contributed by atoms with van der Waals surface area (Å²) < 4.78 is 0. The number of likely N-dealkylation sites (tertiary alicyclic amines) is 1. The molecule has 5 nitrogen and oxygen atoms in total. The molecule has 0 aromatic heterocycles. The van der Waals surface area contributed by atoms with Crippen molar-refractivity contribution in [3.05, 3.63) is 0 Å². The number of piperidine rings is 1. The number of rotatable bonds is 7. The highest BCUT2D eigenvalue weighted by Gasteiger charge is 2.18. The van der Waals surface area contributed by atoms with Crippen LogP contribution in [-0.4, -0.2) is 59.6 Å². The number of aliphatic carboxylic acids is 1. The van der Waals surface area contributed by atoms with E-state index in [0.717, 1.165) is 50.8 Å². The number of nitrogens with zero attached hydrogens (tertiary/aromatic N) is 1. The summed E-state index contributed by atoms with van der Waals surface area (Å²) in [5, 5.41) is 11.3. The van der Waals surface area contributed by atoms with Crippen molar-refractivity contribution in [2.24, 2.45) is 5.92 Å². The molecule has 2 N–H and O–H groups in total. The second-order valence-electron chi connectivity index (χ2n) is 4.57. The molecular formula is C12H22N2O3S. The van der Waals surface area contributed by atoms with Gasteiger partial charge in [-0.2, -0.15) is 0 Å². The van der Waals surface area contributed by atoms with Crippen molar-refractivity contribution in [3.8, 4) is 0 Å². The normalized spacial score (nSPS) is 17.6. The van der Waals surface area contributed by atoms with Crippen LogP contribution in [0.15, 0.2) is 0 Å². The van der Waals surface area contributed by atoms with Crippen molar-refractivity contribution in [1.29, 1.82) is 0 Å². The quantitative estimate of drug-likeness (QED) is 0.713. The molecule has 1 aliphatic rings. The van der Waals surface area contributed by atoms with E-state index in [-0.39, 0.29) is 17.4 Å². The molecule has 0 atom stereocenters. The zero-order chi connectivity index (χ0) is 13.4. The van der Waals surface area contributed by atoms with Gasteiger partial charge in [0.05, 0.1) is 11.5 Å². The monoisotopic (exact) mass is 274 g/mol. The standard InChI is InChI=1S/C12H22N2O3S/c1-2-14-5-3-10(4-6-14)7-13-11(15)8-18-9-12(16)17/h10H,2-9H2,1H3,(H,13,15)(H,16,17). The number of amides is 1. The predicted octanol–water partition coefficient (Wildman–Crippen LogP) is 0.652. The fourth-order valence-corrected chi connectivity index (χ4v) is 2.61. The Hall–Kier alpha value is -0.750. The van der Waals surface area contributed by atoms with E-state index in [1.54, 1.807) is 0 Å². The SMILES string of the molecule is CCN1CCC(CNC(=O)CSCC(=O)O)CC1. The molecule has 1 aliphatic heterocycles. The molecule has 1 heterocycles. The highest BCUT2D eigenvalue weighted by atomic mass is 32.2. The number of nitrogens with one attached hydrogen (secondary N) is 1. The summed E-state index contributed by atoms with van der Waals surface area (Å²) in [5.41, 5.74) is 0. The van der Waals surface area contributed by atoms with E-state index in [4.69, 9.17) is 5.11 Å². The first-order chi connectivity index (χ1) is 8.61. The second-order valence-corrected chi connectivity index (χ2v) is 5.55. The van der Waals surface area contributed by atoms with E-state index in [9.17, 15) is 9.59 Å². The van der Waals surface area contributed by atoms with Crippen molar-refractivity contribution < 1.29 is 14.7 Å². The number of hydrogen-bond donors (Lipinski definition) is 2. The predicted molar refractivity (Wildman–Crippen MR) is 72.8 cm³/mol. The Morgan fingerprint density at radius 1 is 1.33 bits per heavy atom. The molecule has 0 aromatic rings. The summed E-state index contributed by atoms with van der Waals surface area (Å²) in [4.78, 5) is 24.2. The molecule has 1 rings (SSSR count). The number of carboxylic acids is 1. The molecule has 0 spiro atoms. The minimum Gasteiger partial charge on any atom is -0.481 e. The summed E-state index contributed by atoms with van der Waals surface area (Å²) in [6.07, 6.45) is 2.27.